The lowest BCUT2D eigenvalue weighted by molar-refractivity contribution is -0.141. The SMILES string of the molecule is CCCCCCCCCC(=O)OC[Si](Cl)(Cl)Cl. The van der Waals surface area contributed by atoms with Gasteiger partial charge in [0, 0.05) is 6.42 Å². The van der Waals surface area contributed by atoms with Gasteiger partial charge in [0.2, 0.25) is 0 Å². The zero-order chi connectivity index (χ0) is 13.1. The molecule has 0 amide bonds. The Morgan fingerprint density at radius 1 is 1.00 bits per heavy atom. The molecular formula is C11H21Cl3O2Si. The summed E-state index contributed by atoms with van der Waals surface area (Å²) >= 11 is 16.8. The second-order valence-corrected chi connectivity index (χ2v) is 13.2. The first-order chi connectivity index (χ1) is 7.95. The highest BCUT2D eigenvalue weighted by Gasteiger charge is 2.27. The highest BCUT2D eigenvalue weighted by Crippen LogP contribution is 2.20. The van der Waals surface area contributed by atoms with E-state index in [4.69, 9.17) is 38.0 Å². The third-order valence-electron chi connectivity index (χ3n) is 2.38. The van der Waals surface area contributed by atoms with E-state index in [-0.39, 0.29) is 12.2 Å². The lowest BCUT2D eigenvalue weighted by atomic mass is 10.1. The molecule has 102 valence electrons. The van der Waals surface area contributed by atoms with E-state index in [1.807, 2.05) is 0 Å². The summed E-state index contributed by atoms with van der Waals surface area (Å²) in [5.74, 6) is -0.252. The molecule has 2 nitrogen and oxygen atoms in total. The number of halogens is 3. The minimum atomic E-state index is -2.82. The van der Waals surface area contributed by atoms with Crippen molar-refractivity contribution in [2.75, 3.05) is 6.23 Å². The summed E-state index contributed by atoms with van der Waals surface area (Å²) in [5, 5.41) is 0. The van der Waals surface area contributed by atoms with E-state index in [2.05, 4.69) is 6.92 Å². The molecule has 0 saturated carbocycles. The van der Waals surface area contributed by atoms with Crippen molar-refractivity contribution < 1.29 is 9.53 Å². The summed E-state index contributed by atoms with van der Waals surface area (Å²) in [6.45, 7) is 2.20. The van der Waals surface area contributed by atoms with Crippen molar-refractivity contribution in [3.63, 3.8) is 0 Å². The number of ether oxygens (including phenoxy) is 1. The smallest absolute Gasteiger partial charge is 0.378 e. The Morgan fingerprint density at radius 3 is 2.06 bits per heavy atom. The van der Waals surface area contributed by atoms with Gasteiger partial charge in [0.05, 0.1) is 0 Å². The van der Waals surface area contributed by atoms with E-state index in [0.717, 1.165) is 12.8 Å². The van der Waals surface area contributed by atoms with E-state index in [1.54, 1.807) is 0 Å². The van der Waals surface area contributed by atoms with Crippen LogP contribution in [0.25, 0.3) is 0 Å². The number of esters is 1. The zero-order valence-corrected chi connectivity index (χ0v) is 13.6. The van der Waals surface area contributed by atoms with Gasteiger partial charge >= 0.3 is 12.0 Å². The summed E-state index contributed by atoms with van der Waals surface area (Å²) in [5.41, 5.74) is 0. The largest absolute Gasteiger partial charge is 0.465 e. The normalized spacial score (nSPS) is 11.5. The van der Waals surface area contributed by atoms with Gasteiger partial charge in [-0.25, -0.2) is 0 Å². The Kier molecular flexibility index (Phi) is 10.8. The predicted octanol–water partition coefficient (Wildman–Crippen LogP) is 4.86. The summed E-state index contributed by atoms with van der Waals surface area (Å²) in [6.07, 6.45) is 8.63. The van der Waals surface area contributed by atoms with Crippen LogP contribution >= 0.6 is 33.2 Å². The second-order valence-electron chi connectivity index (χ2n) is 4.15. The average molecular weight is 320 g/mol. The fraction of sp³-hybridized carbons (Fsp3) is 0.909. The maximum absolute atomic E-state index is 11.2. The van der Waals surface area contributed by atoms with Crippen LogP contribution in [0.15, 0.2) is 0 Å². The van der Waals surface area contributed by atoms with Crippen LogP contribution in [0.1, 0.15) is 58.3 Å². The molecular weight excluding hydrogens is 299 g/mol. The van der Waals surface area contributed by atoms with Gasteiger partial charge in [-0.2, -0.15) is 0 Å². The second kappa shape index (κ2) is 10.5. The first kappa shape index (κ1) is 17.6. The van der Waals surface area contributed by atoms with Crippen molar-refractivity contribution in [1.82, 2.24) is 0 Å². The standard InChI is InChI=1S/C11H21Cl3O2Si/c1-2-3-4-5-6-7-8-9-11(15)16-10-17(12,13)14/h2-10H2,1H3. The van der Waals surface area contributed by atoms with Gasteiger partial charge in [-0.15, -0.1) is 33.2 Å². The summed E-state index contributed by atoms with van der Waals surface area (Å²) in [4.78, 5) is 11.2. The number of hydrogen-bond donors (Lipinski definition) is 0. The molecule has 0 N–H and O–H groups in total. The van der Waals surface area contributed by atoms with E-state index in [1.165, 1.54) is 32.1 Å². The average Bonchev–Trinajstić information content (AvgIpc) is 2.24. The van der Waals surface area contributed by atoms with Gasteiger partial charge in [-0.05, 0) is 6.42 Å². The van der Waals surface area contributed by atoms with Crippen molar-refractivity contribution in [2.24, 2.45) is 0 Å². The molecule has 0 aromatic rings. The van der Waals surface area contributed by atoms with Crippen LogP contribution in [-0.4, -0.2) is 18.2 Å². The van der Waals surface area contributed by atoms with Crippen LogP contribution in [0.2, 0.25) is 0 Å². The highest BCUT2D eigenvalue weighted by atomic mass is 35.8. The molecule has 0 fully saturated rings. The third kappa shape index (κ3) is 14.5. The third-order valence-corrected chi connectivity index (χ3v) is 3.83. The number of rotatable bonds is 10. The number of unbranched alkanes of at least 4 members (excludes halogenated alkanes) is 6. The topological polar surface area (TPSA) is 26.3 Å². The van der Waals surface area contributed by atoms with Crippen LogP contribution in [0.4, 0.5) is 0 Å². The van der Waals surface area contributed by atoms with Crippen LogP contribution in [-0.2, 0) is 9.53 Å². The summed E-state index contributed by atoms with van der Waals surface area (Å²) < 4.78 is 4.88. The predicted molar refractivity (Wildman–Crippen MR) is 76.9 cm³/mol. The molecule has 6 heteroatoms. The van der Waals surface area contributed by atoms with E-state index in [0.29, 0.717) is 6.42 Å². The molecule has 0 heterocycles. The van der Waals surface area contributed by atoms with E-state index < -0.39 is 6.00 Å². The van der Waals surface area contributed by atoms with Crippen LogP contribution < -0.4 is 0 Å². The van der Waals surface area contributed by atoms with E-state index in [9.17, 15) is 4.79 Å². The maximum atomic E-state index is 11.2. The maximum Gasteiger partial charge on any atom is 0.378 e. The molecule has 0 aliphatic rings. The van der Waals surface area contributed by atoms with Crippen LogP contribution in [0.5, 0.6) is 0 Å². The Bertz CT molecular complexity index is 207. The molecule has 0 saturated heterocycles. The van der Waals surface area contributed by atoms with Crippen molar-refractivity contribution in [1.29, 1.82) is 0 Å². The molecule has 0 unspecified atom stereocenters. The van der Waals surface area contributed by atoms with Crippen LogP contribution in [0.3, 0.4) is 0 Å². The number of carbonyl (C=O) groups excluding carboxylic acids is 1. The van der Waals surface area contributed by atoms with Gasteiger partial charge in [-0.1, -0.05) is 45.4 Å². The lowest BCUT2D eigenvalue weighted by Crippen LogP contribution is -2.22. The molecule has 0 aliphatic heterocycles. The van der Waals surface area contributed by atoms with E-state index >= 15 is 0 Å². The van der Waals surface area contributed by atoms with Gasteiger partial charge in [0.25, 0.3) is 0 Å². The van der Waals surface area contributed by atoms with Crippen molar-refractivity contribution >= 4 is 45.2 Å². The first-order valence-corrected chi connectivity index (χ1v) is 11.4. The number of carbonyl (C=O) groups is 1. The Morgan fingerprint density at radius 2 is 1.53 bits per heavy atom. The Labute approximate surface area is 119 Å². The molecule has 0 radical (unpaired) electrons. The summed E-state index contributed by atoms with van der Waals surface area (Å²) in [6, 6.07) is -2.82. The van der Waals surface area contributed by atoms with Gasteiger partial charge in [0.15, 0.2) is 0 Å². The molecule has 0 aromatic carbocycles. The molecule has 0 rings (SSSR count). The van der Waals surface area contributed by atoms with Crippen LogP contribution in [0, 0.1) is 0 Å². The molecule has 17 heavy (non-hydrogen) atoms. The van der Waals surface area contributed by atoms with Gasteiger partial charge < -0.3 is 4.74 Å². The van der Waals surface area contributed by atoms with Gasteiger partial charge in [-0.3, -0.25) is 4.79 Å². The monoisotopic (exact) mass is 318 g/mol. The lowest BCUT2D eigenvalue weighted by Gasteiger charge is -2.08. The van der Waals surface area contributed by atoms with Gasteiger partial charge in [0.1, 0.15) is 6.23 Å². The molecule has 0 bridgehead atoms. The molecule has 0 aromatic heterocycles. The molecule has 0 aliphatic carbocycles. The highest BCUT2D eigenvalue weighted by molar-refractivity contribution is 7.64. The summed E-state index contributed by atoms with van der Waals surface area (Å²) in [7, 11) is 0. The Balaban J connectivity index is 3.28. The van der Waals surface area contributed by atoms with Crippen molar-refractivity contribution in [3.8, 4) is 0 Å². The van der Waals surface area contributed by atoms with Crippen molar-refractivity contribution in [2.45, 2.75) is 58.3 Å². The molecule has 0 atom stereocenters. The number of hydrogen-bond acceptors (Lipinski definition) is 2. The quantitative estimate of drug-likeness (QED) is 0.249. The fourth-order valence-electron chi connectivity index (χ4n) is 1.46. The Hall–Kier alpha value is 0.557. The minimum Gasteiger partial charge on any atom is -0.465 e. The molecule has 0 spiro atoms. The van der Waals surface area contributed by atoms with Crippen molar-refractivity contribution in [3.05, 3.63) is 0 Å². The zero-order valence-electron chi connectivity index (χ0n) is 10.3. The first-order valence-electron chi connectivity index (χ1n) is 6.18. The minimum absolute atomic E-state index is 0.0347. The fourth-order valence-corrected chi connectivity index (χ4v) is 2.28.